The molecule has 2 aliphatic carbocycles. The van der Waals surface area contributed by atoms with Gasteiger partial charge < -0.3 is 11.1 Å². The molecule has 1 saturated carbocycles. The van der Waals surface area contributed by atoms with Crippen molar-refractivity contribution in [2.75, 3.05) is 11.9 Å². The van der Waals surface area contributed by atoms with Gasteiger partial charge in [-0.2, -0.15) is 0 Å². The molecule has 0 spiro atoms. The Hall–Kier alpha value is -1.16. The Morgan fingerprint density at radius 3 is 2.88 bits per heavy atom. The van der Waals surface area contributed by atoms with Crippen LogP contribution in [0.15, 0.2) is 6.33 Å². The SMILES string of the molecule is NC1(CNc2ncnc3c2CCC3)CCC1. The lowest BCUT2D eigenvalue weighted by Gasteiger charge is -2.38. The highest BCUT2D eigenvalue weighted by atomic mass is 15.0. The molecule has 1 heterocycles. The quantitative estimate of drug-likeness (QED) is 0.801. The van der Waals surface area contributed by atoms with E-state index in [0.717, 1.165) is 38.0 Å². The molecule has 86 valence electrons. The van der Waals surface area contributed by atoms with Crippen LogP contribution in [0, 0.1) is 0 Å². The van der Waals surface area contributed by atoms with E-state index in [2.05, 4.69) is 15.3 Å². The molecule has 0 bridgehead atoms. The van der Waals surface area contributed by atoms with Crippen LogP contribution in [0.4, 0.5) is 5.82 Å². The molecule has 2 aliphatic rings. The fraction of sp³-hybridized carbons (Fsp3) is 0.667. The van der Waals surface area contributed by atoms with E-state index in [0.29, 0.717) is 0 Å². The summed E-state index contributed by atoms with van der Waals surface area (Å²) >= 11 is 0. The van der Waals surface area contributed by atoms with Crippen molar-refractivity contribution in [3.63, 3.8) is 0 Å². The summed E-state index contributed by atoms with van der Waals surface area (Å²) in [5.74, 6) is 1.01. The predicted molar refractivity (Wildman–Crippen MR) is 63.3 cm³/mol. The van der Waals surface area contributed by atoms with Crippen LogP contribution in [0.2, 0.25) is 0 Å². The van der Waals surface area contributed by atoms with Crippen molar-refractivity contribution >= 4 is 5.82 Å². The van der Waals surface area contributed by atoms with E-state index in [1.807, 2.05) is 0 Å². The third-order valence-corrected chi connectivity index (χ3v) is 3.83. The smallest absolute Gasteiger partial charge is 0.132 e. The van der Waals surface area contributed by atoms with Crippen molar-refractivity contribution in [3.05, 3.63) is 17.6 Å². The summed E-state index contributed by atoms with van der Waals surface area (Å²) in [5, 5.41) is 3.41. The molecule has 0 radical (unpaired) electrons. The highest BCUT2D eigenvalue weighted by Gasteiger charge is 2.32. The molecule has 3 rings (SSSR count). The zero-order chi connectivity index (χ0) is 11.0. The maximum atomic E-state index is 6.19. The highest BCUT2D eigenvalue weighted by Crippen LogP contribution is 2.30. The second kappa shape index (κ2) is 3.70. The topological polar surface area (TPSA) is 63.8 Å². The largest absolute Gasteiger partial charge is 0.368 e. The third-order valence-electron chi connectivity index (χ3n) is 3.83. The maximum absolute atomic E-state index is 6.19. The van der Waals surface area contributed by atoms with Gasteiger partial charge in [0, 0.05) is 23.3 Å². The molecule has 0 aromatic carbocycles. The normalized spacial score (nSPS) is 21.3. The Balaban J connectivity index is 1.72. The monoisotopic (exact) mass is 218 g/mol. The molecular formula is C12H18N4. The van der Waals surface area contributed by atoms with Crippen LogP contribution < -0.4 is 11.1 Å². The van der Waals surface area contributed by atoms with Crippen LogP contribution in [0.25, 0.3) is 0 Å². The summed E-state index contributed by atoms with van der Waals surface area (Å²) in [4.78, 5) is 8.65. The minimum atomic E-state index is 0.0104. The van der Waals surface area contributed by atoms with Crippen LogP contribution in [-0.2, 0) is 12.8 Å². The summed E-state index contributed by atoms with van der Waals surface area (Å²) < 4.78 is 0. The van der Waals surface area contributed by atoms with E-state index in [1.54, 1.807) is 6.33 Å². The zero-order valence-corrected chi connectivity index (χ0v) is 9.50. The lowest BCUT2D eigenvalue weighted by atomic mass is 9.78. The highest BCUT2D eigenvalue weighted by molar-refractivity contribution is 5.48. The van der Waals surface area contributed by atoms with E-state index in [-0.39, 0.29) is 5.54 Å². The van der Waals surface area contributed by atoms with Crippen LogP contribution in [0.3, 0.4) is 0 Å². The number of hydrogen-bond donors (Lipinski definition) is 2. The first kappa shape index (κ1) is 10.0. The fourth-order valence-corrected chi connectivity index (χ4v) is 2.58. The zero-order valence-electron chi connectivity index (χ0n) is 9.50. The lowest BCUT2D eigenvalue weighted by Crippen LogP contribution is -2.52. The summed E-state index contributed by atoms with van der Waals surface area (Å²) in [6.07, 6.45) is 8.60. The molecule has 3 N–H and O–H groups in total. The van der Waals surface area contributed by atoms with Gasteiger partial charge in [0.2, 0.25) is 0 Å². The Morgan fingerprint density at radius 2 is 2.12 bits per heavy atom. The van der Waals surface area contributed by atoms with Gasteiger partial charge >= 0.3 is 0 Å². The lowest BCUT2D eigenvalue weighted by molar-refractivity contribution is 0.265. The number of hydrogen-bond acceptors (Lipinski definition) is 4. The number of nitrogens with one attached hydrogen (secondary N) is 1. The third kappa shape index (κ3) is 1.67. The minimum absolute atomic E-state index is 0.0104. The first-order valence-electron chi connectivity index (χ1n) is 6.12. The van der Waals surface area contributed by atoms with Crippen LogP contribution in [0.1, 0.15) is 36.9 Å². The van der Waals surface area contributed by atoms with Crippen molar-refractivity contribution in [3.8, 4) is 0 Å². The molecule has 0 saturated heterocycles. The Kier molecular flexibility index (Phi) is 2.32. The predicted octanol–water partition coefficient (Wildman–Crippen LogP) is 1.26. The minimum Gasteiger partial charge on any atom is -0.368 e. The Bertz CT molecular complexity index is 398. The van der Waals surface area contributed by atoms with E-state index in [4.69, 9.17) is 5.73 Å². The van der Waals surface area contributed by atoms with Gasteiger partial charge in [0.15, 0.2) is 0 Å². The molecule has 0 unspecified atom stereocenters. The molecule has 0 aliphatic heterocycles. The molecule has 4 nitrogen and oxygen atoms in total. The van der Waals surface area contributed by atoms with Crippen molar-refractivity contribution < 1.29 is 0 Å². The van der Waals surface area contributed by atoms with Crippen molar-refractivity contribution in [1.29, 1.82) is 0 Å². The maximum Gasteiger partial charge on any atom is 0.132 e. The van der Waals surface area contributed by atoms with Gasteiger partial charge in [-0.25, -0.2) is 9.97 Å². The van der Waals surface area contributed by atoms with E-state index < -0.39 is 0 Å². The van der Waals surface area contributed by atoms with Crippen molar-refractivity contribution in [2.24, 2.45) is 5.73 Å². The van der Waals surface area contributed by atoms with E-state index in [1.165, 1.54) is 24.1 Å². The average Bonchev–Trinajstić information content (AvgIpc) is 2.72. The summed E-state index contributed by atoms with van der Waals surface area (Å²) in [5.41, 5.74) is 8.73. The Morgan fingerprint density at radius 1 is 1.25 bits per heavy atom. The number of fused-ring (bicyclic) bond motifs is 1. The van der Waals surface area contributed by atoms with Gasteiger partial charge in [0.25, 0.3) is 0 Å². The van der Waals surface area contributed by atoms with Crippen molar-refractivity contribution in [2.45, 2.75) is 44.1 Å². The van der Waals surface area contributed by atoms with Gasteiger partial charge in [-0.05, 0) is 38.5 Å². The molecule has 1 aromatic heterocycles. The van der Waals surface area contributed by atoms with E-state index in [9.17, 15) is 0 Å². The molecule has 1 fully saturated rings. The van der Waals surface area contributed by atoms with Gasteiger partial charge in [0.05, 0.1) is 0 Å². The van der Waals surface area contributed by atoms with E-state index >= 15 is 0 Å². The summed E-state index contributed by atoms with van der Waals surface area (Å²) in [6, 6.07) is 0. The van der Waals surface area contributed by atoms with Gasteiger partial charge in [0.1, 0.15) is 12.1 Å². The second-order valence-electron chi connectivity index (χ2n) is 5.07. The summed E-state index contributed by atoms with van der Waals surface area (Å²) in [6.45, 7) is 0.844. The standard InChI is InChI=1S/C12H18N4/c13-12(5-2-6-12)7-14-11-9-3-1-4-10(9)15-8-16-11/h8H,1-7,13H2,(H,14,15,16). The number of aromatic nitrogens is 2. The van der Waals surface area contributed by atoms with Crippen molar-refractivity contribution in [1.82, 2.24) is 9.97 Å². The number of nitrogens with two attached hydrogens (primary N) is 1. The van der Waals surface area contributed by atoms with Crippen LogP contribution >= 0.6 is 0 Å². The first-order chi connectivity index (χ1) is 7.77. The van der Waals surface area contributed by atoms with Gasteiger partial charge in [-0.1, -0.05) is 0 Å². The molecule has 4 heteroatoms. The number of nitrogens with zero attached hydrogens (tertiary/aromatic N) is 2. The number of rotatable bonds is 3. The van der Waals surface area contributed by atoms with Gasteiger partial charge in [-0.3, -0.25) is 0 Å². The average molecular weight is 218 g/mol. The molecule has 1 aromatic rings. The Labute approximate surface area is 95.7 Å². The molecule has 16 heavy (non-hydrogen) atoms. The molecule has 0 amide bonds. The van der Waals surface area contributed by atoms with Gasteiger partial charge in [-0.15, -0.1) is 0 Å². The molecular weight excluding hydrogens is 200 g/mol. The summed E-state index contributed by atoms with van der Waals surface area (Å²) in [7, 11) is 0. The molecule has 0 atom stereocenters. The fourth-order valence-electron chi connectivity index (χ4n) is 2.58. The first-order valence-corrected chi connectivity index (χ1v) is 6.12. The second-order valence-corrected chi connectivity index (χ2v) is 5.07. The number of anilines is 1. The van der Waals surface area contributed by atoms with Crippen LogP contribution in [0.5, 0.6) is 0 Å². The number of aryl methyl sites for hydroxylation is 1. The van der Waals surface area contributed by atoms with Crippen LogP contribution in [-0.4, -0.2) is 22.1 Å².